The standard InChI is InChI=1S/C26H27F3N2O4/c1-15-21(9-8-20-7-6-18(13-31-20)17-4-3-5-19(27)12-17)22-16(2)35-24(34)25(22,14-26(15,28)29)23(33)30-10-11-32/h3-9,12-13,15-16,21-22,32H,10-11,14H2,1-2H3,(H,30,33)/t15-,16+,21-,22-,25+/m0/s1. The van der Waals surface area contributed by atoms with E-state index in [1.165, 1.54) is 19.1 Å². The fourth-order valence-electron chi connectivity index (χ4n) is 5.33. The summed E-state index contributed by atoms with van der Waals surface area (Å²) >= 11 is 0. The van der Waals surface area contributed by atoms with Crippen molar-refractivity contribution in [1.82, 2.24) is 10.3 Å². The maximum atomic E-state index is 15.2. The highest BCUT2D eigenvalue weighted by Crippen LogP contribution is 2.59. The molecule has 1 aliphatic carbocycles. The van der Waals surface area contributed by atoms with Crippen molar-refractivity contribution in [2.75, 3.05) is 13.2 Å². The molecule has 1 aromatic heterocycles. The van der Waals surface area contributed by atoms with Crippen molar-refractivity contribution in [3.8, 4) is 11.1 Å². The van der Waals surface area contributed by atoms with Crippen LogP contribution in [0.25, 0.3) is 17.2 Å². The molecular formula is C26H27F3N2O4. The second-order valence-electron chi connectivity index (χ2n) is 9.23. The lowest BCUT2D eigenvalue weighted by molar-refractivity contribution is -0.178. The Labute approximate surface area is 201 Å². The maximum Gasteiger partial charge on any atom is 0.322 e. The Morgan fingerprint density at radius 1 is 1.26 bits per heavy atom. The average Bonchev–Trinajstić information content (AvgIpc) is 3.07. The van der Waals surface area contributed by atoms with Crippen LogP contribution in [-0.2, 0) is 14.3 Å². The number of aromatic nitrogens is 1. The molecule has 1 aromatic carbocycles. The molecule has 2 fully saturated rings. The lowest BCUT2D eigenvalue weighted by atomic mass is 9.56. The molecule has 2 aromatic rings. The van der Waals surface area contributed by atoms with Crippen molar-refractivity contribution in [2.24, 2.45) is 23.2 Å². The monoisotopic (exact) mass is 488 g/mol. The third-order valence-corrected chi connectivity index (χ3v) is 7.14. The molecule has 1 saturated heterocycles. The molecule has 0 radical (unpaired) electrons. The van der Waals surface area contributed by atoms with Crippen LogP contribution in [0.1, 0.15) is 26.0 Å². The first-order valence-corrected chi connectivity index (χ1v) is 11.5. The molecule has 4 rings (SSSR count). The van der Waals surface area contributed by atoms with Crippen molar-refractivity contribution in [1.29, 1.82) is 0 Å². The Bertz CT molecular complexity index is 1140. The zero-order valence-electron chi connectivity index (χ0n) is 19.4. The van der Waals surface area contributed by atoms with Gasteiger partial charge in [-0.15, -0.1) is 0 Å². The van der Waals surface area contributed by atoms with E-state index in [1.807, 2.05) is 0 Å². The van der Waals surface area contributed by atoms with Crippen molar-refractivity contribution >= 4 is 18.0 Å². The fourth-order valence-corrected chi connectivity index (χ4v) is 5.33. The van der Waals surface area contributed by atoms with Crippen LogP contribution in [0, 0.1) is 29.0 Å². The number of allylic oxidation sites excluding steroid dienone is 1. The number of rotatable bonds is 6. The summed E-state index contributed by atoms with van der Waals surface area (Å²) in [4.78, 5) is 30.2. The van der Waals surface area contributed by atoms with Gasteiger partial charge in [0.1, 0.15) is 11.9 Å². The van der Waals surface area contributed by atoms with Gasteiger partial charge in [-0.3, -0.25) is 14.6 Å². The molecule has 6 nitrogen and oxygen atoms in total. The van der Waals surface area contributed by atoms with Crippen LogP contribution in [0.2, 0.25) is 0 Å². The minimum Gasteiger partial charge on any atom is -0.461 e. The van der Waals surface area contributed by atoms with Gasteiger partial charge in [0.25, 0.3) is 5.92 Å². The predicted octanol–water partition coefficient (Wildman–Crippen LogP) is 3.85. The van der Waals surface area contributed by atoms with Crippen molar-refractivity contribution in [3.63, 3.8) is 0 Å². The Balaban J connectivity index is 1.66. The average molecular weight is 489 g/mol. The first-order valence-electron chi connectivity index (χ1n) is 11.5. The third-order valence-electron chi connectivity index (χ3n) is 7.14. The predicted molar refractivity (Wildman–Crippen MR) is 122 cm³/mol. The molecule has 1 saturated carbocycles. The number of carbonyl (C=O) groups is 2. The van der Waals surface area contributed by atoms with Crippen molar-refractivity contribution in [3.05, 3.63) is 60.2 Å². The lowest BCUT2D eigenvalue weighted by Gasteiger charge is -2.46. The molecule has 5 atom stereocenters. The number of hydrogen-bond donors (Lipinski definition) is 2. The molecular weight excluding hydrogens is 461 g/mol. The van der Waals surface area contributed by atoms with E-state index in [0.29, 0.717) is 16.8 Å². The molecule has 2 aliphatic rings. The molecule has 1 aliphatic heterocycles. The molecule has 9 heteroatoms. The van der Waals surface area contributed by atoms with Crippen LogP contribution in [-0.4, -0.2) is 47.1 Å². The number of ether oxygens (including phenoxy) is 1. The number of fused-ring (bicyclic) bond motifs is 1. The van der Waals surface area contributed by atoms with Gasteiger partial charge in [0, 0.05) is 36.6 Å². The number of hydrogen-bond acceptors (Lipinski definition) is 5. The maximum absolute atomic E-state index is 15.2. The zero-order chi connectivity index (χ0) is 25.4. The summed E-state index contributed by atoms with van der Waals surface area (Å²) in [6.07, 6.45) is 3.02. The summed E-state index contributed by atoms with van der Waals surface area (Å²) in [6, 6.07) is 9.51. The number of nitrogens with one attached hydrogen (secondary N) is 1. The highest BCUT2D eigenvalue weighted by Gasteiger charge is 2.71. The van der Waals surface area contributed by atoms with E-state index < -0.39 is 53.5 Å². The highest BCUT2D eigenvalue weighted by atomic mass is 19.3. The van der Waals surface area contributed by atoms with E-state index >= 15 is 8.78 Å². The number of cyclic esters (lactones) is 1. The van der Waals surface area contributed by atoms with Gasteiger partial charge in [-0.05, 0) is 42.7 Å². The summed E-state index contributed by atoms with van der Waals surface area (Å²) in [5, 5.41) is 11.5. The summed E-state index contributed by atoms with van der Waals surface area (Å²) in [5.74, 6) is -8.32. The lowest BCUT2D eigenvalue weighted by Crippen LogP contribution is -2.59. The van der Waals surface area contributed by atoms with Gasteiger partial charge in [-0.25, -0.2) is 13.2 Å². The van der Waals surface area contributed by atoms with Gasteiger partial charge < -0.3 is 15.2 Å². The number of nitrogens with zero attached hydrogens (tertiary/aromatic N) is 1. The first-order chi connectivity index (χ1) is 16.6. The van der Waals surface area contributed by atoms with E-state index in [2.05, 4.69) is 10.3 Å². The van der Waals surface area contributed by atoms with Gasteiger partial charge >= 0.3 is 5.97 Å². The molecule has 0 spiro atoms. The number of aliphatic hydroxyl groups excluding tert-OH is 1. The quantitative estimate of drug-likeness (QED) is 0.477. The number of esters is 1. The zero-order valence-corrected chi connectivity index (χ0v) is 19.4. The van der Waals surface area contributed by atoms with E-state index in [4.69, 9.17) is 9.84 Å². The van der Waals surface area contributed by atoms with Crippen LogP contribution in [0.3, 0.4) is 0 Å². The van der Waals surface area contributed by atoms with Crippen LogP contribution in [0.5, 0.6) is 0 Å². The molecule has 1 amide bonds. The topological polar surface area (TPSA) is 88.5 Å². The van der Waals surface area contributed by atoms with Gasteiger partial charge in [-0.1, -0.05) is 31.2 Å². The van der Waals surface area contributed by atoms with Crippen molar-refractivity contribution in [2.45, 2.75) is 32.3 Å². The Kier molecular flexibility index (Phi) is 6.73. The molecule has 35 heavy (non-hydrogen) atoms. The Morgan fingerprint density at radius 3 is 2.69 bits per heavy atom. The Morgan fingerprint density at radius 2 is 2.03 bits per heavy atom. The van der Waals surface area contributed by atoms with Gasteiger partial charge in [0.05, 0.1) is 12.3 Å². The van der Waals surface area contributed by atoms with Crippen molar-refractivity contribution < 1.29 is 32.6 Å². The van der Waals surface area contributed by atoms with E-state index in [0.717, 1.165) is 0 Å². The van der Waals surface area contributed by atoms with Crippen LogP contribution >= 0.6 is 0 Å². The van der Waals surface area contributed by atoms with E-state index in [1.54, 1.807) is 49.5 Å². The van der Waals surface area contributed by atoms with Crippen LogP contribution in [0.4, 0.5) is 13.2 Å². The van der Waals surface area contributed by atoms with Crippen LogP contribution in [0.15, 0.2) is 48.7 Å². The second kappa shape index (κ2) is 9.45. The minimum absolute atomic E-state index is 0.155. The summed E-state index contributed by atoms with van der Waals surface area (Å²) in [6.45, 7) is 2.47. The van der Waals surface area contributed by atoms with E-state index in [9.17, 15) is 14.0 Å². The SMILES string of the molecule is C[C@H]1OC(=O)[C@]2(C(=O)NCCO)CC(F)(F)[C@@H](C)[C@H](C=Cc3ccc(-c4cccc(F)c4)cn3)[C@H]12. The smallest absolute Gasteiger partial charge is 0.322 e. The largest absolute Gasteiger partial charge is 0.461 e. The molecule has 0 unspecified atom stereocenters. The number of aliphatic hydroxyl groups is 1. The molecule has 2 N–H and O–H groups in total. The second-order valence-corrected chi connectivity index (χ2v) is 9.23. The minimum atomic E-state index is -3.31. The summed E-state index contributed by atoms with van der Waals surface area (Å²) in [5.41, 5.74) is -0.210. The number of carbonyl (C=O) groups excluding carboxylic acids is 2. The van der Waals surface area contributed by atoms with E-state index in [-0.39, 0.29) is 19.0 Å². The molecule has 2 heterocycles. The number of alkyl halides is 2. The van der Waals surface area contributed by atoms with Gasteiger partial charge in [0.15, 0.2) is 5.41 Å². The first kappa shape index (κ1) is 24.9. The molecule has 186 valence electrons. The third kappa shape index (κ3) is 4.45. The summed E-state index contributed by atoms with van der Waals surface area (Å²) in [7, 11) is 0. The number of amides is 1. The highest BCUT2D eigenvalue weighted by molar-refractivity contribution is 6.05. The molecule has 0 bridgehead atoms. The number of benzene rings is 1. The number of pyridine rings is 1. The fraction of sp³-hybridized carbons (Fsp3) is 0.423. The Hall–Kier alpha value is -3.20. The number of halogens is 3. The summed E-state index contributed by atoms with van der Waals surface area (Å²) < 4.78 is 49.2. The van der Waals surface area contributed by atoms with Gasteiger partial charge in [0.2, 0.25) is 5.91 Å². The van der Waals surface area contributed by atoms with Crippen LogP contribution < -0.4 is 5.32 Å². The normalized spacial score (nSPS) is 29.6. The van der Waals surface area contributed by atoms with Gasteiger partial charge in [-0.2, -0.15) is 0 Å².